The molecule has 2 aliphatic heterocycles. The molecule has 3 N–H and O–H groups in total. The highest BCUT2D eigenvalue weighted by Crippen LogP contribution is 2.48. The van der Waals surface area contributed by atoms with Crippen molar-refractivity contribution in [2.45, 2.75) is 76.0 Å². The van der Waals surface area contributed by atoms with E-state index in [4.69, 9.17) is 5.73 Å². The molecule has 1 amide bonds. The minimum absolute atomic E-state index is 0. The van der Waals surface area contributed by atoms with Crippen molar-refractivity contribution in [2.24, 2.45) is 5.73 Å². The average Bonchev–Trinajstić information content (AvgIpc) is 3.16. The van der Waals surface area contributed by atoms with Crippen molar-refractivity contribution in [1.82, 2.24) is 9.80 Å². The fourth-order valence-electron chi connectivity index (χ4n) is 7.38. The largest absolute Gasteiger partial charge is 0.390 e. The summed E-state index contributed by atoms with van der Waals surface area (Å²) in [4.78, 5) is 20.6. The zero-order chi connectivity index (χ0) is 24.0. The molecule has 4 aliphatic rings. The van der Waals surface area contributed by atoms with Crippen LogP contribution in [-0.4, -0.2) is 65.3 Å². The summed E-state index contributed by atoms with van der Waals surface area (Å²) in [7, 11) is 0. The van der Waals surface area contributed by atoms with E-state index in [0.717, 1.165) is 37.5 Å². The number of aliphatic hydroxyl groups is 1. The Bertz CT molecular complexity index is 1080. The van der Waals surface area contributed by atoms with Crippen molar-refractivity contribution < 1.29 is 9.90 Å². The maximum Gasteiger partial charge on any atom is 0.250 e. The first kappa shape index (κ1) is 30.8. The maximum atomic E-state index is 13.8. The number of amides is 1. The van der Waals surface area contributed by atoms with Gasteiger partial charge in [-0.1, -0.05) is 43.8 Å². The van der Waals surface area contributed by atoms with Crippen LogP contribution in [-0.2, 0) is 11.2 Å². The number of carbonyl (C=O) groups is 1. The number of anilines is 1. The summed E-state index contributed by atoms with van der Waals surface area (Å²) in [5.41, 5.74) is 11.0. The van der Waals surface area contributed by atoms with Gasteiger partial charge in [0, 0.05) is 37.9 Å². The lowest BCUT2D eigenvalue weighted by Gasteiger charge is -2.47. The molecule has 0 radical (unpaired) electrons. The number of piperidine rings is 1. The Hall–Kier alpha value is -1.71. The van der Waals surface area contributed by atoms with Crippen molar-refractivity contribution in [3.8, 4) is 0 Å². The quantitative estimate of drug-likeness (QED) is 0.574. The van der Waals surface area contributed by atoms with E-state index in [-0.39, 0.29) is 46.9 Å². The van der Waals surface area contributed by atoms with Gasteiger partial charge in [-0.15, -0.1) is 0 Å². The maximum absolute atomic E-state index is 13.8. The van der Waals surface area contributed by atoms with Gasteiger partial charge in [0.2, 0.25) is 5.91 Å². The number of aryl methyl sites for hydroxylation is 1. The Balaban J connectivity index is 0.00000133. The second kappa shape index (κ2) is 12.6. The molecule has 2 saturated heterocycles. The monoisotopic (exact) mass is 558 g/mol. The van der Waals surface area contributed by atoms with Gasteiger partial charge >= 0.3 is 0 Å². The summed E-state index contributed by atoms with van der Waals surface area (Å²) in [6, 6.07) is 17.7. The topological polar surface area (TPSA) is 73.0 Å². The minimum Gasteiger partial charge on any atom is -0.390 e. The molecule has 6 nitrogen and oxygen atoms in total. The Morgan fingerprint density at radius 3 is 2.45 bits per heavy atom. The number of para-hydroxylation sites is 1. The lowest BCUT2D eigenvalue weighted by molar-refractivity contribution is -0.135. The van der Waals surface area contributed by atoms with E-state index in [9.17, 15) is 9.90 Å². The Labute approximate surface area is 242 Å². The lowest BCUT2D eigenvalue weighted by Crippen LogP contribution is -2.57. The number of rotatable bonds is 5. The molecular formula is C30H46N4O2S2. The first-order valence-corrected chi connectivity index (χ1v) is 13.5. The van der Waals surface area contributed by atoms with Crippen molar-refractivity contribution in [1.29, 1.82) is 0 Å². The van der Waals surface area contributed by atoms with E-state index in [1.807, 2.05) is 23.1 Å². The van der Waals surface area contributed by atoms with Gasteiger partial charge < -0.3 is 20.6 Å². The average molecular weight is 559 g/mol. The number of hydrogen-bond donors (Lipinski definition) is 2. The molecule has 2 aliphatic carbocycles. The molecule has 0 aromatic heterocycles. The number of likely N-dealkylation sites (tertiary alicyclic amines) is 1. The predicted octanol–water partition coefficient (Wildman–Crippen LogP) is 4.26. The highest BCUT2D eigenvalue weighted by molar-refractivity contribution is 7.59. The third-order valence-corrected chi connectivity index (χ3v) is 9.14. The molecule has 1 spiro atoms. The van der Waals surface area contributed by atoms with Gasteiger partial charge in [0.15, 0.2) is 0 Å². The molecule has 2 aromatic carbocycles. The van der Waals surface area contributed by atoms with Crippen LogP contribution in [0.15, 0.2) is 48.5 Å². The standard InChI is InChI=1S/C29H38N4O2.CH4.2H2S/c30-18-24(34)19-32-20-33(23-9-2-1-3-10-23)29(28(32)35)14-16-31(17-15-29)26-13-12-22-7-4-6-21-8-5-11-25(26)27(21)22;;;/h1-3,5,8-11,22,24,26,34H,4,6-7,12-20,30H2;1H4;2*1H2/t22-,24+,26-;;;/m0.../s1. The number of β-amino-alcohol motifs (C(OH)–C–C–N with tert-alkyl or cyclic N) is 1. The molecule has 0 saturated carbocycles. The van der Waals surface area contributed by atoms with E-state index in [2.05, 4.69) is 40.1 Å². The van der Waals surface area contributed by atoms with Crippen molar-refractivity contribution in [2.75, 3.05) is 37.7 Å². The zero-order valence-electron chi connectivity index (χ0n) is 21.6. The Kier molecular flexibility index (Phi) is 10.3. The van der Waals surface area contributed by atoms with Crippen molar-refractivity contribution >= 4 is 38.6 Å². The second-order valence-electron chi connectivity index (χ2n) is 11.0. The van der Waals surface area contributed by atoms with Gasteiger partial charge in [-0.05, 0) is 79.7 Å². The van der Waals surface area contributed by atoms with Gasteiger partial charge in [0.1, 0.15) is 5.54 Å². The summed E-state index contributed by atoms with van der Waals surface area (Å²) in [5, 5.41) is 10.2. The molecule has 3 atom stereocenters. The molecule has 6 rings (SSSR count). The molecule has 210 valence electrons. The first-order chi connectivity index (χ1) is 17.1. The van der Waals surface area contributed by atoms with E-state index in [1.165, 1.54) is 32.1 Å². The molecular weight excluding hydrogens is 512 g/mol. The molecule has 2 heterocycles. The highest BCUT2D eigenvalue weighted by atomic mass is 32.1. The number of hydrogen-bond acceptors (Lipinski definition) is 5. The molecule has 8 heteroatoms. The van der Waals surface area contributed by atoms with Gasteiger partial charge in [-0.25, -0.2) is 0 Å². The molecule has 2 aromatic rings. The van der Waals surface area contributed by atoms with Crippen LogP contribution in [0.5, 0.6) is 0 Å². The summed E-state index contributed by atoms with van der Waals surface area (Å²) >= 11 is 0. The summed E-state index contributed by atoms with van der Waals surface area (Å²) in [6.45, 7) is 2.81. The van der Waals surface area contributed by atoms with Crippen LogP contribution in [0, 0.1) is 0 Å². The molecule has 0 bridgehead atoms. The van der Waals surface area contributed by atoms with E-state index < -0.39 is 11.6 Å². The zero-order valence-corrected chi connectivity index (χ0v) is 23.6. The fraction of sp³-hybridized carbons (Fsp3) is 0.567. The molecule has 0 unspecified atom stereocenters. The summed E-state index contributed by atoms with van der Waals surface area (Å²) in [6.07, 6.45) is 7.33. The Morgan fingerprint density at radius 2 is 1.74 bits per heavy atom. The third kappa shape index (κ3) is 5.22. The van der Waals surface area contributed by atoms with Gasteiger partial charge in [0.25, 0.3) is 0 Å². The first-order valence-electron chi connectivity index (χ1n) is 13.5. The number of nitrogens with two attached hydrogens (primary N) is 1. The molecule has 38 heavy (non-hydrogen) atoms. The highest BCUT2D eigenvalue weighted by Gasteiger charge is 2.54. The van der Waals surface area contributed by atoms with E-state index in [0.29, 0.717) is 19.3 Å². The normalized spacial score (nSPS) is 24.6. The van der Waals surface area contributed by atoms with Crippen LogP contribution in [0.3, 0.4) is 0 Å². The SMILES string of the molecule is C.NC[C@@H](O)CN1CN(c2ccccc2)C2(CCN([C@H]3CC[C@@H]4CCCc5cccc3c54)CC2)C1=O.S.S. The lowest BCUT2D eigenvalue weighted by atomic mass is 9.71. The van der Waals surface area contributed by atoms with Crippen LogP contribution in [0.4, 0.5) is 5.69 Å². The predicted molar refractivity (Wildman–Crippen MR) is 166 cm³/mol. The van der Waals surface area contributed by atoms with Crippen LogP contribution >= 0.6 is 27.0 Å². The third-order valence-electron chi connectivity index (χ3n) is 9.14. The van der Waals surface area contributed by atoms with Crippen LogP contribution in [0.1, 0.15) is 74.6 Å². The van der Waals surface area contributed by atoms with Gasteiger partial charge in [-0.2, -0.15) is 27.0 Å². The van der Waals surface area contributed by atoms with Gasteiger partial charge in [-0.3, -0.25) is 9.69 Å². The van der Waals surface area contributed by atoms with Crippen LogP contribution in [0.2, 0.25) is 0 Å². The summed E-state index contributed by atoms with van der Waals surface area (Å²) < 4.78 is 0. The number of nitrogens with zero attached hydrogens (tertiary/aromatic N) is 3. The van der Waals surface area contributed by atoms with E-state index >= 15 is 0 Å². The number of carbonyl (C=O) groups excluding carboxylic acids is 1. The minimum atomic E-state index is -0.689. The fourth-order valence-corrected chi connectivity index (χ4v) is 7.38. The second-order valence-corrected chi connectivity index (χ2v) is 11.0. The smallest absolute Gasteiger partial charge is 0.250 e. The molecule has 2 fully saturated rings. The van der Waals surface area contributed by atoms with E-state index in [1.54, 1.807) is 16.7 Å². The Morgan fingerprint density at radius 1 is 1.00 bits per heavy atom. The number of benzene rings is 2. The summed E-state index contributed by atoms with van der Waals surface area (Å²) in [5.74, 6) is 0.893. The van der Waals surface area contributed by atoms with Crippen molar-refractivity contribution in [3.63, 3.8) is 0 Å². The van der Waals surface area contributed by atoms with Crippen molar-refractivity contribution in [3.05, 3.63) is 65.2 Å². The van der Waals surface area contributed by atoms with Gasteiger partial charge in [0.05, 0.1) is 12.8 Å². The van der Waals surface area contributed by atoms with Crippen LogP contribution in [0.25, 0.3) is 0 Å². The number of aliphatic hydroxyl groups excluding tert-OH is 1. The van der Waals surface area contributed by atoms with Crippen LogP contribution < -0.4 is 10.6 Å².